The normalized spacial score (nSPS) is 12.8. The van der Waals surface area contributed by atoms with Gasteiger partial charge < -0.3 is 0 Å². The molecule has 1 spiro atoms. The molecule has 7 aromatic carbocycles. The van der Waals surface area contributed by atoms with Gasteiger partial charge in [0.15, 0.2) is 17.5 Å². The van der Waals surface area contributed by atoms with Gasteiger partial charge in [-0.1, -0.05) is 146 Å². The maximum Gasteiger partial charge on any atom is 0.164 e. The molecule has 4 nitrogen and oxygen atoms in total. The zero-order valence-corrected chi connectivity index (χ0v) is 27.5. The SMILES string of the molecule is N#Cc1cccc(-c2ccc3c(c2)C2(c4ccccc4-c4ccccc42)c2cc(-c4nc(-c5ccccc5)nc(-c5ccccc5)n4)ccc2-3)c1. The highest BCUT2D eigenvalue weighted by molar-refractivity contribution is 5.96. The Labute approximate surface area is 296 Å². The summed E-state index contributed by atoms with van der Waals surface area (Å²) < 4.78 is 0. The lowest BCUT2D eigenvalue weighted by Crippen LogP contribution is -2.26. The summed E-state index contributed by atoms with van der Waals surface area (Å²) in [5.74, 6) is 1.91. The van der Waals surface area contributed by atoms with Crippen LogP contribution in [-0.4, -0.2) is 15.0 Å². The summed E-state index contributed by atoms with van der Waals surface area (Å²) in [5.41, 5.74) is 14.8. The van der Waals surface area contributed by atoms with Crippen molar-refractivity contribution in [1.29, 1.82) is 5.26 Å². The van der Waals surface area contributed by atoms with Gasteiger partial charge in [0.05, 0.1) is 17.0 Å². The van der Waals surface area contributed by atoms with Crippen molar-refractivity contribution in [3.05, 3.63) is 198 Å². The molecule has 8 aromatic rings. The van der Waals surface area contributed by atoms with Gasteiger partial charge in [-0.3, -0.25) is 0 Å². The molecule has 4 heteroatoms. The second-order valence-electron chi connectivity index (χ2n) is 13.1. The van der Waals surface area contributed by atoms with E-state index in [4.69, 9.17) is 15.0 Å². The number of hydrogen-bond acceptors (Lipinski definition) is 4. The second kappa shape index (κ2) is 11.3. The van der Waals surface area contributed by atoms with Crippen LogP contribution in [0.2, 0.25) is 0 Å². The minimum Gasteiger partial charge on any atom is -0.208 e. The van der Waals surface area contributed by atoms with Gasteiger partial charge in [-0.05, 0) is 79.9 Å². The molecule has 1 heterocycles. The third-order valence-corrected chi connectivity index (χ3v) is 10.4. The predicted octanol–water partition coefficient (Wildman–Crippen LogP) is 10.8. The number of hydrogen-bond donors (Lipinski definition) is 0. The minimum absolute atomic E-state index is 0.561. The first-order valence-corrected chi connectivity index (χ1v) is 17.1. The lowest BCUT2D eigenvalue weighted by molar-refractivity contribution is 0.794. The topological polar surface area (TPSA) is 62.5 Å². The van der Waals surface area contributed by atoms with Gasteiger partial charge in [-0.15, -0.1) is 0 Å². The molecular weight excluding hydrogens is 621 g/mol. The molecule has 0 saturated heterocycles. The average molecular weight is 649 g/mol. The largest absolute Gasteiger partial charge is 0.208 e. The van der Waals surface area contributed by atoms with Crippen LogP contribution in [0.4, 0.5) is 0 Å². The van der Waals surface area contributed by atoms with Gasteiger partial charge in [-0.2, -0.15) is 5.26 Å². The fourth-order valence-corrected chi connectivity index (χ4v) is 8.16. The van der Waals surface area contributed by atoms with E-state index in [1.807, 2.05) is 78.9 Å². The number of fused-ring (bicyclic) bond motifs is 10. The quantitative estimate of drug-likeness (QED) is 0.191. The zero-order chi connectivity index (χ0) is 33.9. The lowest BCUT2D eigenvalue weighted by atomic mass is 9.70. The second-order valence-corrected chi connectivity index (χ2v) is 13.1. The van der Waals surface area contributed by atoms with Gasteiger partial charge in [0.25, 0.3) is 0 Å². The fraction of sp³-hybridized carbons (Fsp3) is 0.0213. The van der Waals surface area contributed by atoms with E-state index >= 15 is 0 Å². The monoisotopic (exact) mass is 648 g/mol. The van der Waals surface area contributed by atoms with Crippen LogP contribution in [-0.2, 0) is 5.41 Å². The van der Waals surface area contributed by atoms with E-state index < -0.39 is 5.41 Å². The molecular formula is C47H28N4. The van der Waals surface area contributed by atoms with Crippen LogP contribution in [0.25, 0.3) is 67.5 Å². The van der Waals surface area contributed by atoms with Crippen LogP contribution in [0.3, 0.4) is 0 Å². The molecule has 0 amide bonds. The first-order valence-electron chi connectivity index (χ1n) is 17.1. The summed E-state index contributed by atoms with van der Waals surface area (Å²) in [4.78, 5) is 15.1. The molecule has 0 N–H and O–H groups in total. The maximum atomic E-state index is 9.69. The van der Waals surface area contributed by atoms with Crippen LogP contribution in [0, 0.1) is 11.3 Å². The third-order valence-electron chi connectivity index (χ3n) is 10.4. The highest BCUT2D eigenvalue weighted by Gasteiger charge is 2.51. The molecule has 1 aromatic heterocycles. The Kier molecular flexibility index (Phi) is 6.43. The number of rotatable bonds is 4. The summed E-state index contributed by atoms with van der Waals surface area (Å²) >= 11 is 0. The molecule has 0 bridgehead atoms. The highest BCUT2D eigenvalue weighted by Crippen LogP contribution is 2.63. The van der Waals surface area contributed by atoms with Crippen molar-refractivity contribution in [3.8, 4) is 73.6 Å². The van der Waals surface area contributed by atoms with Crippen molar-refractivity contribution in [2.75, 3.05) is 0 Å². The van der Waals surface area contributed by atoms with E-state index in [2.05, 4.69) is 97.1 Å². The summed E-state index contributed by atoms with van der Waals surface area (Å²) in [5, 5.41) is 9.69. The third kappa shape index (κ3) is 4.35. The molecule has 0 fully saturated rings. The Bertz CT molecular complexity index is 2600. The van der Waals surface area contributed by atoms with E-state index in [0.29, 0.717) is 23.0 Å². The number of benzene rings is 7. The smallest absolute Gasteiger partial charge is 0.164 e. The Morgan fingerprint density at radius 2 is 0.784 bits per heavy atom. The van der Waals surface area contributed by atoms with Crippen LogP contribution < -0.4 is 0 Å². The molecule has 236 valence electrons. The van der Waals surface area contributed by atoms with E-state index in [0.717, 1.165) is 27.8 Å². The first-order chi connectivity index (χ1) is 25.2. The van der Waals surface area contributed by atoms with Gasteiger partial charge in [0, 0.05) is 16.7 Å². The maximum absolute atomic E-state index is 9.69. The van der Waals surface area contributed by atoms with Crippen LogP contribution >= 0.6 is 0 Å². The van der Waals surface area contributed by atoms with E-state index in [9.17, 15) is 5.26 Å². The van der Waals surface area contributed by atoms with Crippen molar-refractivity contribution in [2.45, 2.75) is 5.41 Å². The van der Waals surface area contributed by atoms with Crippen LogP contribution in [0.1, 0.15) is 27.8 Å². The Morgan fingerprint density at radius 1 is 0.353 bits per heavy atom. The van der Waals surface area contributed by atoms with Crippen molar-refractivity contribution >= 4 is 0 Å². The molecule has 2 aliphatic carbocycles. The van der Waals surface area contributed by atoms with Gasteiger partial charge in [0.2, 0.25) is 0 Å². The summed E-state index contributed by atoms with van der Waals surface area (Å²) in [6.07, 6.45) is 0. The fourth-order valence-electron chi connectivity index (χ4n) is 8.16. The minimum atomic E-state index is -0.561. The lowest BCUT2D eigenvalue weighted by Gasteiger charge is -2.31. The molecule has 0 radical (unpaired) electrons. The van der Waals surface area contributed by atoms with Gasteiger partial charge in [-0.25, -0.2) is 15.0 Å². The molecule has 0 unspecified atom stereocenters. The molecule has 0 saturated carbocycles. The summed E-state index contributed by atoms with van der Waals surface area (Å²) in [6, 6.07) is 61.5. The molecule has 0 aliphatic heterocycles. The number of nitrogens with zero attached hydrogens (tertiary/aromatic N) is 4. The Hall–Kier alpha value is -6.96. The predicted molar refractivity (Wildman–Crippen MR) is 203 cm³/mol. The standard InChI is InChI=1S/C47H28N4/c48-29-30-12-11-17-33(26-30)34-22-24-38-39-25-23-35(46-50-44(31-13-3-1-4-14-31)49-45(51-46)32-15-5-2-6-16-32)28-43(39)47(42(38)27-34)40-20-9-7-18-36(40)37-19-8-10-21-41(37)47/h1-28H. The van der Waals surface area contributed by atoms with E-state index in [1.165, 1.54) is 44.5 Å². The van der Waals surface area contributed by atoms with E-state index in [-0.39, 0.29) is 0 Å². The van der Waals surface area contributed by atoms with Crippen molar-refractivity contribution in [2.24, 2.45) is 0 Å². The van der Waals surface area contributed by atoms with Crippen LogP contribution in [0.5, 0.6) is 0 Å². The molecule has 2 aliphatic rings. The van der Waals surface area contributed by atoms with Crippen LogP contribution in [0.15, 0.2) is 170 Å². The molecule has 10 rings (SSSR count). The van der Waals surface area contributed by atoms with Gasteiger partial charge >= 0.3 is 0 Å². The van der Waals surface area contributed by atoms with E-state index in [1.54, 1.807) is 0 Å². The molecule has 51 heavy (non-hydrogen) atoms. The summed E-state index contributed by atoms with van der Waals surface area (Å²) in [7, 11) is 0. The average Bonchev–Trinajstić information content (AvgIpc) is 3.68. The highest BCUT2D eigenvalue weighted by atomic mass is 15.0. The van der Waals surface area contributed by atoms with Crippen molar-refractivity contribution < 1.29 is 0 Å². The zero-order valence-electron chi connectivity index (χ0n) is 27.5. The Balaban J connectivity index is 1.24. The van der Waals surface area contributed by atoms with Crippen molar-refractivity contribution in [1.82, 2.24) is 15.0 Å². The molecule has 0 atom stereocenters. The number of aromatic nitrogens is 3. The Morgan fingerprint density at radius 3 is 1.35 bits per heavy atom. The summed E-state index contributed by atoms with van der Waals surface area (Å²) in [6.45, 7) is 0. The van der Waals surface area contributed by atoms with Crippen molar-refractivity contribution in [3.63, 3.8) is 0 Å². The first kappa shape index (κ1) is 29.0. The number of nitriles is 1. The van der Waals surface area contributed by atoms with Gasteiger partial charge in [0.1, 0.15) is 0 Å².